The summed E-state index contributed by atoms with van der Waals surface area (Å²) in [6, 6.07) is 2.12. The second kappa shape index (κ2) is 6.58. The van der Waals surface area contributed by atoms with Crippen LogP contribution >= 0.6 is 11.3 Å². The number of aryl methyl sites for hydroxylation is 1. The number of carbonyl (C=O) groups excluding carboxylic acids is 1. The topological polar surface area (TPSA) is 63.1 Å². The second-order valence-electron chi connectivity index (χ2n) is 5.78. The molecular weight excluding hydrogens is 298 g/mol. The van der Waals surface area contributed by atoms with Gasteiger partial charge in [0.25, 0.3) is 0 Å². The summed E-state index contributed by atoms with van der Waals surface area (Å²) < 4.78 is 1.98. The van der Waals surface area contributed by atoms with Gasteiger partial charge in [0.2, 0.25) is 5.91 Å². The van der Waals surface area contributed by atoms with Crippen molar-refractivity contribution < 1.29 is 4.79 Å². The molecule has 1 fully saturated rings. The molecule has 1 unspecified atom stereocenters. The quantitative estimate of drug-likeness (QED) is 0.938. The standard InChI is InChI=1S/C15H21N5OS/c1-11(21)17-15-18-13(10-22-15)9-20-7-3-4-12(8-20)14-5-6-16-19(14)2/h5-6,10,12H,3-4,7-9H2,1-2H3,(H,17,18,21). The van der Waals surface area contributed by atoms with Crippen LogP contribution in [0.5, 0.6) is 0 Å². The fourth-order valence-electron chi connectivity index (χ4n) is 3.04. The number of aromatic nitrogens is 3. The van der Waals surface area contributed by atoms with Crippen LogP contribution in [0.4, 0.5) is 5.13 Å². The highest BCUT2D eigenvalue weighted by Gasteiger charge is 2.23. The predicted molar refractivity (Wildman–Crippen MR) is 86.9 cm³/mol. The fraction of sp³-hybridized carbons (Fsp3) is 0.533. The summed E-state index contributed by atoms with van der Waals surface area (Å²) in [7, 11) is 2.01. The van der Waals surface area contributed by atoms with E-state index in [1.807, 2.05) is 23.3 Å². The van der Waals surface area contributed by atoms with Crippen molar-refractivity contribution in [2.75, 3.05) is 18.4 Å². The van der Waals surface area contributed by atoms with Gasteiger partial charge in [0.15, 0.2) is 5.13 Å². The van der Waals surface area contributed by atoms with Crippen molar-refractivity contribution in [3.05, 3.63) is 29.0 Å². The van der Waals surface area contributed by atoms with Crippen LogP contribution in [0.15, 0.2) is 17.6 Å². The van der Waals surface area contributed by atoms with Crippen molar-refractivity contribution in [1.29, 1.82) is 0 Å². The molecule has 6 nitrogen and oxygen atoms in total. The van der Waals surface area contributed by atoms with Crippen LogP contribution < -0.4 is 5.32 Å². The monoisotopic (exact) mass is 319 g/mol. The van der Waals surface area contributed by atoms with E-state index in [4.69, 9.17) is 0 Å². The molecule has 0 radical (unpaired) electrons. The Bertz CT molecular complexity index is 650. The van der Waals surface area contributed by atoms with Crippen molar-refractivity contribution in [3.8, 4) is 0 Å². The summed E-state index contributed by atoms with van der Waals surface area (Å²) in [4.78, 5) is 18.0. The number of likely N-dealkylation sites (tertiary alicyclic amines) is 1. The lowest BCUT2D eigenvalue weighted by Gasteiger charge is -2.32. The first kappa shape index (κ1) is 15.2. The van der Waals surface area contributed by atoms with Crippen LogP contribution in [0.3, 0.4) is 0 Å². The molecule has 7 heteroatoms. The molecule has 0 bridgehead atoms. The van der Waals surface area contributed by atoms with E-state index in [0.717, 1.165) is 25.3 Å². The minimum atomic E-state index is -0.0739. The molecule has 1 aliphatic rings. The number of thiazole rings is 1. The van der Waals surface area contributed by atoms with Gasteiger partial charge in [0.1, 0.15) is 0 Å². The molecular formula is C15H21N5OS. The maximum Gasteiger partial charge on any atom is 0.223 e. The van der Waals surface area contributed by atoms with E-state index in [9.17, 15) is 4.79 Å². The van der Waals surface area contributed by atoms with Crippen LogP contribution in [-0.2, 0) is 18.4 Å². The van der Waals surface area contributed by atoms with E-state index >= 15 is 0 Å². The number of anilines is 1. The number of nitrogens with one attached hydrogen (secondary N) is 1. The third-order valence-corrected chi connectivity index (χ3v) is 4.81. The van der Waals surface area contributed by atoms with E-state index in [1.165, 1.54) is 36.8 Å². The SMILES string of the molecule is CC(=O)Nc1nc(CN2CCCC(c3ccnn3C)C2)cs1. The lowest BCUT2D eigenvalue weighted by atomic mass is 9.94. The summed E-state index contributed by atoms with van der Waals surface area (Å²) in [5.41, 5.74) is 2.33. The zero-order chi connectivity index (χ0) is 15.5. The van der Waals surface area contributed by atoms with Gasteiger partial charge in [0, 0.05) is 50.2 Å². The van der Waals surface area contributed by atoms with Gasteiger partial charge in [0.05, 0.1) is 5.69 Å². The van der Waals surface area contributed by atoms with Gasteiger partial charge in [-0.3, -0.25) is 14.4 Å². The first-order valence-corrected chi connectivity index (χ1v) is 8.42. The van der Waals surface area contributed by atoms with E-state index in [-0.39, 0.29) is 5.91 Å². The zero-order valence-corrected chi connectivity index (χ0v) is 13.8. The highest BCUT2D eigenvalue weighted by Crippen LogP contribution is 2.27. The van der Waals surface area contributed by atoms with Gasteiger partial charge in [-0.15, -0.1) is 11.3 Å². The number of amides is 1. The van der Waals surface area contributed by atoms with Gasteiger partial charge >= 0.3 is 0 Å². The van der Waals surface area contributed by atoms with Crippen molar-refractivity contribution in [2.45, 2.75) is 32.2 Å². The van der Waals surface area contributed by atoms with E-state index < -0.39 is 0 Å². The number of hydrogen-bond donors (Lipinski definition) is 1. The molecule has 2 aromatic rings. The summed E-state index contributed by atoms with van der Waals surface area (Å²) in [5.74, 6) is 0.463. The highest BCUT2D eigenvalue weighted by atomic mass is 32.1. The van der Waals surface area contributed by atoms with Crippen LogP contribution in [-0.4, -0.2) is 38.7 Å². The van der Waals surface area contributed by atoms with E-state index in [2.05, 4.69) is 26.4 Å². The third kappa shape index (κ3) is 3.53. The summed E-state index contributed by atoms with van der Waals surface area (Å²) >= 11 is 1.48. The molecule has 1 amide bonds. The molecule has 0 aromatic carbocycles. The Morgan fingerprint density at radius 1 is 1.55 bits per heavy atom. The molecule has 118 valence electrons. The average molecular weight is 319 g/mol. The van der Waals surface area contributed by atoms with Crippen molar-refractivity contribution in [3.63, 3.8) is 0 Å². The smallest absolute Gasteiger partial charge is 0.223 e. The minimum absolute atomic E-state index is 0.0739. The highest BCUT2D eigenvalue weighted by molar-refractivity contribution is 7.13. The molecule has 22 heavy (non-hydrogen) atoms. The Kier molecular flexibility index (Phi) is 4.54. The van der Waals surface area contributed by atoms with Crippen molar-refractivity contribution in [2.24, 2.45) is 7.05 Å². The average Bonchev–Trinajstić information content (AvgIpc) is 3.08. The van der Waals surface area contributed by atoms with Gasteiger partial charge in [-0.1, -0.05) is 0 Å². The fourth-order valence-corrected chi connectivity index (χ4v) is 3.79. The Morgan fingerprint density at radius 3 is 3.14 bits per heavy atom. The Balaban J connectivity index is 1.62. The Labute approximate surface area is 134 Å². The van der Waals surface area contributed by atoms with E-state index in [1.54, 1.807) is 0 Å². The summed E-state index contributed by atoms with van der Waals surface area (Å²) in [6.45, 7) is 4.47. The molecule has 3 rings (SSSR count). The van der Waals surface area contributed by atoms with Crippen LogP contribution in [0.2, 0.25) is 0 Å². The molecule has 0 saturated carbocycles. The summed E-state index contributed by atoms with van der Waals surface area (Å²) in [5, 5.41) is 9.73. The lowest BCUT2D eigenvalue weighted by Crippen LogP contribution is -2.34. The molecule has 3 heterocycles. The van der Waals surface area contributed by atoms with Gasteiger partial charge in [-0.05, 0) is 25.5 Å². The number of piperidine rings is 1. The zero-order valence-electron chi connectivity index (χ0n) is 13.0. The molecule has 1 N–H and O–H groups in total. The number of carbonyl (C=O) groups is 1. The van der Waals surface area contributed by atoms with Crippen molar-refractivity contribution in [1.82, 2.24) is 19.7 Å². The second-order valence-corrected chi connectivity index (χ2v) is 6.64. The number of hydrogen-bond acceptors (Lipinski definition) is 5. The van der Waals surface area contributed by atoms with Crippen LogP contribution in [0, 0.1) is 0 Å². The Hall–Kier alpha value is -1.73. The minimum Gasteiger partial charge on any atom is -0.302 e. The Morgan fingerprint density at radius 2 is 2.41 bits per heavy atom. The van der Waals surface area contributed by atoms with Crippen molar-refractivity contribution >= 4 is 22.4 Å². The van der Waals surface area contributed by atoms with Gasteiger partial charge in [-0.2, -0.15) is 5.10 Å². The molecule has 0 spiro atoms. The maximum atomic E-state index is 11.1. The first-order valence-electron chi connectivity index (χ1n) is 7.54. The lowest BCUT2D eigenvalue weighted by molar-refractivity contribution is -0.114. The first-order chi connectivity index (χ1) is 10.6. The van der Waals surface area contributed by atoms with Gasteiger partial charge in [-0.25, -0.2) is 4.98 Å². The summed E-state index contributed by atoms with van der Waals surface area (Å²) in [6.07, 6.45) is 4.27. The predicted octanol–water partition coefficient (Wildman–Crippen LogP) is 2.21. The van der Waals surface area contributed by atoms with Gasteiger partial charge < -0.3 is 5.32 Å². The largest absolute Gasteiger partial charge is 0.302 e. The number of nitrogens with zero attached hydrogens (tertiary/aromatic N) is 4. The van der Waals surface area contributed by atoms with Crippen LogP contribution in [0.1, 0.15) is 37.1 Å². The normalized spacial score (nSPS) is 19.3. The molecule has 1 aliphatic heterocycles. The van der Waals surface area contributed by atoms with Crippen LogP contribution in [0.25, 0.3) is 0 Å². The molecule has 2 aromatic heterocycles. The molecule has 1 atom stereocenters. The van der Waals surface area contributed by atoms with E-state index in [0.29, 0.717) is 11.0 Å². The molecule has 0 aliphatic carbocycles. The number of rotatable bonds is 4. The third-order valence-electron chi connectivity index (χ3n) is 4.00. The maximum absolute atomic E-state index is 11.1. The molecule has 1 saturated heterocycles.